The Kier molecular flexibility index (Phi) is 7.60. The lowest BCUT2D eigenvalue weighted by atomic mass is 10.0. The molecule has 2 aromatic rings. The van der Waals surface area contributed by atoms with E-state index in [1.54, 1.807) is 18.2 Å². The molecule has 1 aromatic carbocycles. The lowest BCUT2D eigenvalue weighted by Gasteiger charge is -2.30. The monoisotopic (exact) mass is 449 g/mol. The summed E-state index contributed by atoms with van der Waals surface area (Å²) in [6.07, 6.45) is -2.03. The van der Waals surface area contributed by atoms with Gasteiger partial charge < -0.3 is 20.9 Å². The zero-order valence-corrected chi connectivity index (χ0v) is 18.5. The normalized spacial score (nSPS) is 15.5. The molecule has 1 aliphatic heterocycles. The fourth-order valence-electron chi connectivity index (χ4n) is 3.80. The molecular formula is C23H30F3N5O. The number of nitrogens with one attached hydrogen (secondary N) is 3. The van der Waals surface area contributed by atoms with E-state index in [1.165, 1.54) is 6.92 Å². The molecule has 3 N–H and O–H groups in total. The van der Waals surface area contributed by atoms with E-state index in [1.807, 2.05) is 6.07 Å². The molecule has 1 fully saturated rings. The molecule has 1 amide bonds. The summed E-state index contributed by atoms with van der Waals surface area (Å²) in [5, 5.41) is 10.4. The summed E-state index contributed by atoms with van der Waals surface area (Å²) in [4.78, 5) is 17.5. The van der Waals surface area contributed by atoms with Crippen LogP contribution in [0.4, 0.5) is 24.7 Å². The van der Waals surface area contributed by atoms with Crippen molar-refractivity contribution in [3.05, 3.63) is 36.5 Å². The molecule has 3 rings (SSSR count). The minimum Gasteiger partial charge on any atom is -0.382 e. The second kappa shape index (κ2) is 10.2. The Balaban J connectivity index is 1.91. The van der Waals surface area contributed by atoms with Crippen LogP contribution >= 0.6 is 0 Å². The summed E-state index contributed by atoms with van der Waals surface area (Å²) in [7, 11) is 2.08. The molecule has 1 saturated heterocycles. The van der Waals surface area contributed by atoms with Crippen molar-refractivity contribution in [1.82, 2.24) is 15.2 Å². The van der Waals surface area contributed by atoms with Crippen molar-refractivity contribution < 1.29 is 18.0 Å². The Hall–Kier alpha value is -2.81. The number of hydrogen-bond donors (Lipinski definition) is 3. The Labute approximate surface area is 186 Å². The first kappa shape index (κ1) is 23.8. The van der Waals surface area contributed by atoms with Crippen LogP contribution < -0.4 is 16.0 Å². The summed E-state index contributed by atoms with van der Waals surface area (Å²) in [5.74, 6) is 0.223. The van der Waals surface area contributed by atoms with Crippen LogP contribution in [0.5, 0.6) is 0 Å². The quantitative estimate of drug-likeness (QED) is 0.526. The number of likely N-dealkylation sites (tertiary alicyclic amines) is 1. The van der Waals surface area contributed by atoms with E-state index in [-0.39, 0.29) is 17.6 Å². The smallest absolute Gasteiger partial charge is 0.382 e. The molecule has 0 aliphatic carbocycles. The van der Waals surface area contributed by atoms with Crippen LogP contribution in [0.1, 0.15) is 31.9 Å². The van der Waals surface area contributed by atoms with Crippen LogP contribution in [-0.4, -0.2) is 61.2 Å². The first-order chi connectivity index (χ1) is 15.1. The third kappa shape index (κ3) is 6.12. The maximum Gasteiger partial charge on any atom is 0.417 e. The highest BCUT2D eigenvalue weighted by atomic mass is 19.4. The molecule has 0 spiro atoms. The molecule has 0 unspecified atom stereocenters. The molecule has 32 heavy (non-hydrogen) atoms. The number of rotatable bonds is 8. The number of aromatic nitrogens is 1. The lowest BCUT2D eigenvalue weighted by Crippen LogP contribution is -2.36. The predicted molar refractivity (Wildman–Crippen MR) is 123 cm³/mol. The molecule has 6 nitrogen and oxygen atoms in total. The largest absolute Gasteiger partial charge is 0.417 e. The van der Waals surface area contributed by atoms with Crippen molar-refractivity contribution in [1.29, 1.82) is 0 Å². The van der Waals surface area contributed by atoms with E-state index in [2.05, 4.69) is 39.5 Å². The summed E-state index contributed by atoms with van der Waals surface area (Å²) in [6.45, 7) is 7.60. The van der Waals surface area contributed by atoms with Gasteiger partial charge in [0.2, 0.25) is 5.91 Å². The SMILES string of the molecule is C=C(c1nc(NCCCNC(C)=O)cc2c(NC3CCN(C)CC3)cccc12)C(F)(F)F. The molecule has 9 heteroatoms. The average Bonchev–Trinajstić information content (AvgIpc) is 2.73. The van der Waals surface area contributed by atoms with Crippen molar-refractivity contribution in [3.63, 3.8) is 0 Å². The molecule has 0 bridgehead atoms. The average molecular weight is 450 g/mol. The van der Waals surface area contributed by atoms with Crippen LogP contribution in [-0.2, 0) is 4.79 Å². The van der Waals surface area contributed by atoms with Crippen molar-refractivity contribution >= 4 is 33.8 Å². The van der Waals surface area contributed by atoms with E-state index in [0.717, 1.165) is 31.6 Å². The minimum absolute atomic E-state index is 0.123. The highest BCUT2D eigenvalue weighted by molar-refractivity contribution is 6.01. The van der Waals surface area contributed by atoms with Gasteiger partial charge in [-0.25, -0.2) is 4.98 Å². The fourth-order valence-corrected chi connectivity index (χ4v) is 3.80. The third-order valence-corrected chi connectivity index (χ3v) is 5.61. The highest BCUT2D eigenvalue weighted by Crippen LogP contribution is 2.38. The molecule has 0 saturated carbocycles. The second-order valence-corrected chi connectivity index (χ2v) is 8.22. The first-order valence-corrected chi connectivity index (χ1v) is 10.8. The number of amides is 1. The fraction of sp³-hybridized carbons (Fsp3) is 0.478. The highest BCUT2D eigenvalue weighted by Gasteiger charge is 2.35. The van der Waals surface area contributed by atoms with Crippen LogP contribution in [0.2, 0.25) is 0 Å². The number of fused-ring (bicyclic) bond motifs is 1. The zero-order valence-electron chi connectivity index (χ0n) is 18.5. The van der Waals surface area contributed by atoms with Crippen molar-refractivity contribution in [2.45, 2.75) is 38.4 Å². The number of nitrogens with zero attached hydrogens (tertiary/aromatic N) is 2. The number of allylic oxidation sites excluding steroid dienone is 1. The van der Waals surface area contributed by atoms with Gasteiger partial charge in [0, 0.05) is 42.5 Å². The minimum atomic E-state index is -4.58. The maximum atomic E-state index is 13.5. The van der Waals surface area contributed by atoms with E-state index in [9.17, 15) is 18.0 Å². The Morgan fingerprint density at radius 1 is 1.22 bits per heavy atom. The molecule has 0 radical (unpaired) electrons. The third-order valence-electron chi connectivity index (χ3n) is 5.61. The number of benzene rings is 1. The zero-order chi connectivity index (χ0) is 23.3. The number of carbonyl (C=O) groups excluding carboxylic acids is 1. The van der Waals surface area contributed by atoms with Gasteiger partial charge in [-0.05, 0) is 51.5 Å². The van der Waals surface area contributed by atoms with Gasteiger partial charge in [-0.15, -0.1) is 0 Å². The summed E-state index contributed by atoms with van der Waals surface area (Å²) >= 11 is 0. The van der Waals surface area contributed by atoms with Gasteiger partial charge in [-0.1, -0.05) is 18.7 Å². The van der Waals surface area contributed by atoms with Gasteiger partial charge in [-0.2, -0.15) is 13.2 Å². The van der Waals surface area contributed by atoms with Crippen LogP contribution in [0.15, 0.2) is 30.8 Å². The number of anilines is 2. The Morgan fingerprint density at radius 2 is 1.94 bits per heavy atom. The van der Waals surface area contributed by atoms with Gasteiger partial charge in [0.25, 0.3) is 0 Å². The standard InChI is InChI=1S/C23H30F3N5O/c1-15(23(24,25)26)22-18-6-4-7-20(29-17-8-12-31(3)13-9-17)19(18)14-21(30-22)28-11-5-10-27-16(2)32/h4,6-7,14,17,29H,1,5,8-13H2,2-3H3,(H,27,32)(H,28,30). The van der Waals surface area contributed by atoms with Gasteiger partial charge in [0.1, 0.15) is 5.82 Å². The number of pyridine rings is 1. The lowest BCUT2D eigenvalue weighted by molar-refractivity contribution is -0.118. The number of hydrogen-bond acceptors (Lipinski definition) is 5. The number of alkyl halides is 3. The summed E-state index contributed by atoms with van der Waals surface area (Å²) in [6, 6.07) is 7.32. The Morgan fingerprint density at radius 3 is 2.59 bits per heavy atom. The van der Waals surface area contributed by atoms with Crippen molar-refractivity contribution in [2.75, 3.05) is 43.9 Å². The Bertz CT molecular complexity index is 968. The van der Waals surface area contributed by atoms with Gasteiger partial charge in [-0.3, -0.25) is 4.79 Å². The summed E-state index contributed by atoms with van der Waals surface area (Å²) < 4.78 is 40.5. The molecule has 174 valence electrons. The molecule has 2 heterocycles. The molecular weight excluding hydrogens is 419 g/mol. The van der Waals surface area contributed by atoms with E-state index < -0.39 is 11.7 Å². The van der Waals surface area contributed by atoms with Gasteiger partial charge >= 0.3 is 6.18 Å². The molecule has 1 aromatic heterocycles. The number of piperidine rings is 1. The van der Waals surface area contributed by atoms with Gasteiger partial charge in [0.15, 0.2) is 0 Å². The van der Waals surface area contributed by atoms with E-state index in [4.69, 9.17) is 0 Å². The predicted octanol–water partition coefficient (Wildman–Crippen LogP) is 4.25. The number of halogens is 3. The topological polar surface area (TPSA) is 69.3 Å². The van der Waals surface area contributed by atoms with Crippen molar-refractivity contribution in [3.8, 4) is 0 Å². The maximum absolute atomic E-state index is 13.5. The van der Waals surface area contributed by atoms with Crippen molar-refractivity contribution in [2.24, 2.45) is 0 Å². The summed E-state index contributed by atoms with van der Waals surface area (Å²) in [5.41, 5.74) is -0.357. The van der Waals surface area contributed by atoms with Crippen LogP contribution in [0.3, 0.4) is 0 Å². The molecule has 1 aliphatic rings. The van der Waals surface area contributed by atoms with Gasteiger partial charge in [0.05, 0.1) is 11.3 Å². The first-order valence-electron chi connectivity index (χ1n) is 10.8. The van der Waals surface area contributed by atoms with Crippen LogP contribution in [0.25, 0.3) is 16.3 Å². The van der Waals surface area contributed by atoms with E-state index >= 15 is 0 Å². The number of carbonyl (C=O) groups is 1. The molecule has 0 atom stereocenters. The second-order valence-electron chi connectivity index (χ2n) is 8.22. The van der Waals surface area contributed by atoms with E-state index in [0.29, 0.717) is 36.1 Å². The van der Waals surface area contributed by atoms with Crippen LogP contribution in [0, 0.1) is 0 Å².